The Morgan fingerprint density at radius 2 is 1.69 bits per heavy atom. The molecule has 0 saturated carbocycles. The van der Waals surface area contributed by atoms with Crippen LogP contribution in [0.25, 0.3) is 27.8 Å². The SMILES string of the molecule is COc1nc2cc(Cl)c(Cl)c(-n3nnc4cc(C)ccc43)c2nc1OC. The largest absolute Gasteiger partial charge is 0.477 e. The number of fused-ring (bicyclic) bond motifs is 2. The van der Waals surface area contributed by atoms with Gasteiger partial charge in [0.1, 0.15) is 16.7 Å². The van der Waals surface area contributed by atoms with Crippen molar-refractivity contribution in [2.45, 2.75) is 6.92 Å². The minimum absolute atomic E-state index is 0.236. The van der Waals surface area contributed by atoms with Crippen LogP contribution >= 0.6 is 23.2 Å². The molecule has 2 heterocycles. The number of methoxy groups -OCH3 is 2. The van der Waals surface area contributed by atoms with Gasteiger partial charge in [-0.15, -0.1) is 5.10 Å². The number of halogens is 2. The number of hydrogen-bond donors (Lipinski definition) is 0. The molecule has 0 bridgehead atoms. The van der Waals surface area contributed by atoms with Gasteiger partial charge in [0.05, 0.1) is 35.3 Å². The molecule has 0 saturated heterocycles. The predicted octanol–water partition coefficient (Wildman–Crippen LogP) is 4.00. The van der Waals surface area contributed by atoms with Gasteiger partial charge in [-0.3, -0.25) is 0 Å². The van der Waals surface area contributed by atoms with Crippen molar-refractivity contribution < 1.29 is 9.47 Å². The molecule has 0 aliphatic carbocycles. The molecule has 2 aromatic heterocycles. The molecule has 9 heteroatoms. The van der Waals surface area contributed by atoms with Crippen molar-refractivity contribution in [3.63, 3.8) is 0 Å². The Labute approximate surface area is 158 Å². The summed E-state index contributed by atoms with van der Waals surface area (Å²) in [4.78, 5) is 8.92. The van der Waals surface area contributed by atoms with Gasteiger partial charge < -0.3 is 9.47 Å². The summed E-state index contributed by atoms with van der Waals surface area (Å²) in [7, 11) is 2.98. The van der Waals surface area contributed by atoms with Crippen molar-refractivity contribution >= 4 is 45.3 Å². The van der Waals surface area contributed by atoms with Gasteiger partial charge >= 0.3 is 0 Å². The van der Waals surface area contributed by atoms with E-state index >= 15 is 0 Å². The van der Waals surface area contributed by atoms with E-state index in [2.05, 4.69) is 20.3 Å². The number of rotatable bonds is 3. The Morgan fingerprint density at radius 3 is 2.42 bits per heavy atom. The van der Waals surface area contributed by atoms with Crippen molar-refractivity contribution in [3.8, 4) is 17.4 Å². The molecule has 0 aliphatic heterocycles. The van der Waals surface area contributed by atoms with Crippen molar-refractivity contribution in [3.05, 3.63) is 39.9 Å². The molecule has 0 radical (unpaired) electrons. The van der Waals surface area contributed by atoms with Crippen LogP contribution in [0.15, 0.2) is 24.3 Å². The van der Waals surface area contributed by atoms with Crippen LogP contribution < -0.4 is 9.47 Å². The maximum atomic E-state index is 6.50. The minimum Gasteiger partial charge on any atom is -0.477 e. The lowest BCUT2D eigenvalue weighted by Crippen LogP contribution is -2.04. The molecule has 2 aromatic carbocycles. The van der Waals surface area contributed by atoms with Gasteiger partial charge in [-0.1, -0.05) is 34.5 Å². The second-order valence-corrected chi connectivity index (χ2v) is 6.41. The maximum Gasteiger partial charge on any atom is 0.278 e. The van der Waals surface area contributed by atoms with E-state index in [-0.39, 0.29) is 11.8 Å². The molecule has 7 nitrogen and oxygen atoms in total. The van der Waals surface area contributed by atoms with Gasteiger partial charge in [0.15, 0.2) is 0 Å². The van der Waals surface area contributed by atoms with E-state index in [4.69, 9.17) is 32.7 Å². The highest BCUT2D eigenvalue weighted by molar-refractivity contribution is 6.44. The van der Waals surface area contributed by atoms with Gasteiger partial charge in [0.2, 0.25) is 0 Å². The summed E-state index contributed by atoms with van der Waals surface area (Å²) in [6, 6.07) is 7.45. The number of aromatic nitrogens is 5. The highest BCUT2D eigenvalue weighted by Crippen LogP contribution is 2.37. The Kier molecular flexibility index (Phi) is 4.05. The first-order valence-electron chi connectivity index (χ1n) is 7.63. The van der Waals surface area contributed by atoms with Crippen molar-refractivity contribution in [2.24, 2.45) is 0 Å². The van der Waals surface area contributed by atoms with Gasteiger partial charge in [0.25, 0.3) is 11.8 Å². The maximum absolute atomic E-state index is 6.50. The lowest BCUT2D eigenvalue weighted by atomic mass is 10.2. The molecule has 0 fully saturated rings. The Bertz CT molecular complexity index is 1160. The lowest BCUT2D eigenvalue weighted by molar-refractivity contribution is 0.334. The number of aryl methyl sites for hydroxylation is 1. The van der Waals surface area contributed by atoms with Crippen molar-refractivity contribution in [2.75, 3.05) is 14.2 Å². The topological polar surface area (TPSA) is 75.0 Å². The molecule has 0 N–H and O–H groups in total. The number of ether oxygens (including phenoxy) is 2. The molecular weight excluding hydrogens is 377 g/mol. The van der Waals surface area contributed by atoms with E-state index in [1.165, 1.54) is 14.2 Å². The third kappa shape index (κ3) is 2.51. The first kappa shape index (κ1) is 16.8. The molecule has 4 rings (SSSR count). The van der Waals surface area contributed by atoms with Crippen LogP contribution in [0.4, 0.5) is 0 Å². The monoisotopic (exact) mass is 389 g/mol. The number of hydrogen-bond acceptors (Lipinski definition) is 6. The second kappa shape index (κ2) is 6.26. The third-order valence-electron chi connectivity index (χ3n) is 3.97. The summed E-state index contributed by atoms with van der Waals surface area (Å²) >= 11 is 12.8. The van der Waals surface area contributed by atoms with E-state index in [1.807, 2.05) is 25.1 Å². The smallest absolute Gasteiger partial charge is 0.278 e. The van der Waals surface area contributed by atoms with Crippen LogP contribution in [-0.4, -0.2) is 39.2 Å². The fourth-order valence-corrected chi connectivity index (χ4v) is 3.17. The molecule has 0 spiro atoms. The van der Waals surface area contributed by atoms with E-state index in [0.717, 1.165) is 16.6 Å². The Balaban J connectivity index is 2.11. The Hall–Kier alpha value is -2.64. The van der Waals surface area contributed by atoms with Gasteiger partial charge in [-0.2, -0.15) is 0 Å². The van der Waals surface area contributed by atoms with E-state index < -0.39 is 0 Å². The highest BCUT2D eigenvalue weighted by Gasteiger charge is 2.21. The highest BCUT2D eigenvalue weighted by atomic mass is 35.5. The summed E-state index contributed by atoms with van der Waals surface area (Å²) in [6.45, 7) is 1.99. The molecule has 0 amide bonds. The zero-order chi connectivity index (χ0) is 18.4. The van der Waals surface area contributed by atoms with Crippen LogP contribution in [0.5, 0.6) is 11.8 Å². The van der Waals surface area contributed by atoms with Crippen LogP contribution in [0, 0.1) is 6.92 Å². The second-order valence-electron chi connectivity index (χ2n) is 5.62. The molecule has 132 valence electrons. The van der Waals surface area contributed by atoms with Gasteiger partial charge in [-0.25, -0.2) is 14.6 Å². The fraction of sp³-hybridized carbons (Fsp3) is 0.176. The lowest BCUT2D eigenvalue weighted by Gasteiger charge is -2.12. The van der Waals surface area contributed by atoms with Gasteiger partial charge in [0, 0.05) is 0 Å². The summed E-state index contributed by atoms with van der Waals surface area (Å²) in [6.07, 6.45) is 0. The Morgan fingerprint density at radius 1 is 0.962 bits per heavy atom. The summed E-state index contributed by atoms with van der Waals surface area (Å²) in [5.41, 5.74) is 4.05. The van der Waals surface area contributed by atoms with Gasteiger partial charge in [-0.05, 0) is 30.7 Å². The molecule has 0 atom stereocenters. The fourth-order valence-electron chi connectivity index (χ4n) is 2.75. The third-order valence-corrected chi connectivity index (χ3v) is 4.74. The average molecular weight is 390 g/mol. The first-order valence-corrected chi connectivity index (χ1v) is 8.39. The van der Waals surface area contributed by atoms with Crippen molar-refractivity contribution in [1.29, 1.82) is 0 Å². The summed E-state index contributed by atoms with van der Waals surface area (Å²) in [5, 5.41) is 9.08. The molecule has 26 heavy (non-hydrogen) atoms. The zero-order valence-corrected chi connectivity index (χ0v) is 15.6. The molecule has 4 aromatic rings. The molecule has 0 aliphatic rings. The molecular formula is C17H13Cl2N5O2. The number of benzene rings is 2. The van der Waals surface area contributed by atoms with Crippen LogP contribution in [0.3, 0.4) is 0 Å². The zero-order valence-electron chi connectivity index (χ0n) is 14.1. The first-order chi connectivity index (χ1) is 12.5. The van der Waals surface area contributed by atoms with E-state index in [9.17, 15) is 0 Å². The molecule has 0 unspecified atom stereocenters. The standard InChI is InChI=1S/C17H13Cl2N5O2/c1-8-4-5-12-10(6-8)22-23-24(12)15-13(19)9(18)7-11-14(15)21-17(26-3)16(20-11)25-2/h4-7H,1-3H3. The van der Waals surface area contributed by atoms with E-state index in [1.54, 1.807) is 10.7 Å². The quantitative estimate of drug-likeness (QED) is 0.527. The predicted molar refractivity (Wildman–Crippen MR) is 99.8 cm³/mol. The van der Waals surface area contributed by atoms with E-state index in [0.29, 0.717) is 26.8 Å². The van der Waals surface area contributed by atoms with Crippen molar-refractivity contribution in [1.82, 2.24) is 25.0 Å². The van der Waals surface area contributed by atoms with Crippen LogP contribution in [0.2, 0.25) is 10.0 Å². The van der Waals surface area contributed by atoms with Crippen LogP contribution in [0.1, 0.15) is 5.56 Å². The normalized spacial score (nSPS) is 11.3. The van der Waals surface area contributed by atoms with Crippen LogP contribution in [-0.2, 0) is 0 Å². The summed E-state index contributed by atoms with van der Waals surface area (Å²) in [5.74, 6) is 0.489. The minimum atomic E-state index is 0.236. The average Bonchev–Trinajstić information content (AvgIpc) is 3.04. The number of nitrogens with zero attached hydrogens (tertiary/aromatic N) is 5. The summed E-state index contributed by atoms with van der Waals surface area (Å²) < 4.78 is 12.1.